The Bertz CT molecular complexity index is 2490. The van der Waals surface area contributed by atoms with Crippen molar-refractivity contribution in [2.45, 2.75) is 62.4 Å². The molecule has 2 heterocycles. The summed E-state index contributed by atoms with van der Waals surface area (Å²) < 4.78 is 62.8. The van der Waals surface area contributed by atoms with Crippen LogP contribution < -0.4 is 0 Å². The van der Waals surface area contributed by atoms with Gasteiger partial charge in [-0.2, -0.15) is 0 Å². The van der Waals surface area contributed by atoms with Gasteiger partial charge in [0.2, 0.25) is 15.8 Å². The van der Waals surface area contributed by atoms with Gasteiger partial charge in [0, 0.05) is 17.1 Å². The number of aromatic nitrogens is 1. The molecule has 10 heteroatoms. The third-order valence-electron chi connectivity index (χ3n) is 10.5. The van der Waals surface area contributed by atoms with Crippen LogP contribution in [0.4, 0.5) is 0 Å². The highest BCUT2D eigenvalue weighted by Gasteiger charge is 2.57. The SMILES string of the molecule is O=S(=O)(Cc1ccccc1)n1ccc2ccc(C3(O)O[C@H](COCc4ccccc4)[C@@H](OCc4ccccc4)[C@H](OCc4ccccc4)[C@H]3OCc3ccccc3)cc21. The molecule has 1 saturated heterocycles. The first-order valence-electron chi connectivity index (χ1n) is 19.7. The minimum atomic E-state index is -3.87. The number of aliphatic hydroxyl groups is 1. The zero-order valence-corrected chi connectivity index (χ0v) is 33.3. The lowest BCUT2D eigenvalue weighted by Crippen LogP contribution is -2.65. The molecule has 0 spiro atoms. The molecular formula is C49H47NO8S. The summed E-state index contributed by atoms with van der Waals surface area (Å²) in [5.74, 6) is -2.38. The zero-order valence-electron chi connectivity index (χ0n) is 32.5. The van der Waals surface area contributed by atoms with E-state index >= 15 is 0 Å². The fourth-order valence-electron chi connectivity index (χ4n) is 7.51. The second kappa shape index (κ2) is 18.7. The van der Waals surface area contributed by atoms with Crippen molar-refractivity contribution in [2.24, 2.45) is 0 Å². The molecule has 1 fully saturated rings. The van der Waals surface area contributed by atoms with E-state index < -0.39 is 40.2 Å². The van der Waals surface area contributed by atoms with Crippen LogP contribution in [0, 0.1) is 0 Å². The highest BCUT2D eigenvalue weighted by atomic mass is 32.2. The van der Waals surface area contributed by atoms with E-state index in [4.69, 9.17) is 23.7 Å². The average molecular weight is 810 g/mol. The molecule has 0 aliphatic carbocycles. The maximum atomic E-state index is 14.0. The van der Waals surface area contributed by atoms with Crippen LogP contribution in [0.3, 0.4) is 0 Å². The first-order chi connectivity index (χ1) is 28.9. The number of benzene rings is 6. The van der Waals surface area contributed by atoms with E-state index in [1.807, 2.05) is 140 Å². The molecule has 302 valence electrons. The van der Waals surface area contributed by atoms with Crippen LogP contribution in [-0.4, -0.2) is 48.5 Å². The van der Waals surface area contributed by atoms with Gasteiger partial charge in [-0.15, -0.1) is 0 Å². The van der Waals surface area contributed by atoms with Gasteiger partial charge >= 0.3 is 0 Å². The molecule has 1 aliphatic heterocycles. The van der Waals surface area contributed by atoms with Gasteiger partial charge in [0.15, 0.2) is 0 Å². The Balaban J connectivity index is 1.21. The summed E-state index contributed by atoms with van der Waals surface area (Å²) in [6.45, 7) is 0.879. The molecule has 0 saturated carbocycles. The Kier molecular flexibility index (Phi) is 12.8. The van der Waals surface area contributed by atoms with E-state index in [1.165, 1.54) is 3.97 Å². The minimum absolute atomic E-state index is 0.0390. The van der Waals surface area contributed by atoms with Gasteiger partial charge in [-0.25, -0.2) is 12.4 Å². The Morgan fingerprint density at radius 2 is 1.03 bits per heavy atom. The topological polar surface area (TPSA) is 105 Å². The van der Waals surface area contributed by atoms with E-state index in [1.54, 1.807) is 42.6 Å². The monoisotopic (exact) mass is 809 g/mol. The normalized spacial score (nSPS) is 20.8. The maximum absolute atomic E-state index is 14.0. The number of nitrogens with zero attached hydrogens (tertiary/aromatic N) is 1. The molecule has 1 aromatic heterocycles. The molecule has 1 aliphatic rings. The molecule has 8 rings (SSSR count). The molecule has 1 unspecified atom stereocenters. The molecule has 0 amide bonds. The molecule has 1 N–H and O–H groups in total. The summed E-state index contributed by atoms with van der Waals surface area (Å²) in [7, 11) is -3.87. The van der Waals surface area contributed by atoms with Gasteiger partial charge < -0.3 is 28.8 Å². The van der Waals surface area contributed by atoms with Crippen LogP contribution in [-0.2, 0) is 71.7 Å². The summed E-state index contributed by atoms with van der Waals surface area (Å²) in [6, 6.07) is 55.1. The Labute approximate surface area is 345 Å². The summed E-state index contributed by atoms with van der Waals surface area (Å²) in [4.78, 5) is 0. The second-order valence-corrected chi connectivity index (χ2v) is 16.6. The highest BCUT2D eigenvalue weighted by Crippen LogP contribution is 2.42. The van der Waals surface area contributed by atoms with Crippen molar-refractivity contribution in [2.75, 3.05) is 6.61 Å². The quantitative estimate of drug-likeness (QED) is 0.0977. The van der Waals surface area contributed by atoms with Gasteiger partial charge in [-0.3, -0.25) is 0 Å². The molecule has 9 nitrogen and oxygen atoms in total. The van der Waals surface area contributed by atoms with Crippen molar-refractivity contribution < 1.29 is 37.2 Å². The molecular weight excluding hydrogens is 763 g/mol. The van der Waals surface area contributed by atoms with E-state index in [0.717, 1.165) is 22.3 Å². The van der Waals surface area contributed by atoms with E-state index in [0.29, 0.717) is 28.6 Å². The van der Waals surface area contributed by atoms with Gasteiger partial charge in [-0.05, 0) is 39.9 Å². The summed E-state index contributed by atoms with van der Waals surface area (Å²) in [6.07, 6.45) is -2.18. The Morgan fingerprint density at radius 3 is 1.58 bits per heavy atom. The first kappa shape index (κ1) is 40.4. The van der Waals surface area contributed by atoms with E-state index in [9.17, 15) is 13.5 Å². The van der Waals surface area contributed by atoms with Crippen LogP contribution in [0.15, 0.2) is 182 Å². The molecule has 0 radical (unpaired) electrons. The van der Waals surface area contributed by atoms with Crippen LogP contribution >= 0.6 is 0 Å². The Hall–Kier alpha value is -5.43. The third kappa shape index (κ3) is 9.73. The van der Waals surface area contributed by atoms with Crippen molar-refractivity contribution in [3.8, 4) is 0 Å². The molecule has 6 aromatic carbocycles. The first-order valence-corrected chi connectivity index (χ1v) is 21.3. The molecule has 5 atom stereocenters. The van der Waals surface area contributed by atoms with E-state index in [-0.39, 0.29) is 32.2 Å². The van der Waals surface area contributed by atoms with Crippen molar-refractivity contribution in [1.82, 2.24) is 3.97 Å². The lowest BCUT2D eigenvalue weighted by molar-refractivity contribution is -0.378. The number of hydrogen-bond acceptors (Lipinski definition) is 8. The van der Waals surface area contributed by atoms with Crippen LogP contribution in [0.25, 0.3) is 10.9 Å². The van der Waals surface area contributed by atoms with Crippen LogP contribution in [0.1, 0.15) is 33.4 Å². The summed E-state index contributed by atoms with van der Waals surface area (Å²) in [5.41, 5.74) is 5.06. The average Bonchev–Trinajstić information content (AvgIpc) is 3.72. The van der Waals surface area contributed by atoms with Crippen molar-refractivity contribution in [3.05, 3.63) is 216 Å². The lowest BCUT2D eigenvalue weighted by Gasteiger charge is -2.50. The molecule has 7 aromatic rings. The van der Waals surface area contributed by atoms with Gasteiger partial charge in [0.1, 0.15) is 24.4 Å². The van der Waals surface area contributed by atoms with Crippen molar-refractivity contribution >= 4 is 20.9 Å². The number of fused-ring (bicyclic) bond motifs is 1. The maximum Gasteiger partial charge on any atom is 0.243 e. The van der Waals surface area contributed by atoms with Gasteiger partial charge in [0.25, 0.3) is 0 Å². The van der Waals surface area contributed by atoms with Gasteiger partial charge in [-0.1, -0.05) is 164 Å². The highest BCUT2D eigenvalue weighted by molar-refractivity contribution is 7.89. The van der Waals surface area contributed by atoms with Crippen LogP contribution in [0.2, 0.25) is 0 Å². The van der Waals surface area contributed by atoms with Gasteiger partial charge in [0.05, 0.1) is 44.3 Å². The predicted molar refractivity (Wildman–Crippen MR) is 226 cm³/mol. The second-order valence-electron chi connectivity index (χ2n) is 14.7. The zero-order chi connectivity index (χ0) is 40.5. The number of hydrogen-bond donors (Lipinski definition) is 1. The van der Waals surface area contributed by atoms with Crippen molar-refractivity contribution in [3.63, 3.8) is 0 Å². The summed E-state index contributed by atoms with van der Waals surface area (Å²) >= 11 is 0. The lowest BCUT2D eigenvalue weighted by atomic mass is 9.87. The minimum Gasteiger partial charge on any atom is -0.374 e. The Morgan fingerprint density at radius 1 is 0.559 bits per heavy atom. The predicted octanol–water partition coefficient (Wildman–Crippen LogP) is 8.54. The molecule has 0 bridgehead atoms. The number of ether oxygens (including phenoxy) is 5. The standard InChI is InChI=1S/C49H47NO8S/c51-49(43-27-26-42-28-29-50(44(42)30-43)59(52,53)36-41-24-14-5-15-25-41)48(57-34-40-22-12-4-13-23-40)47(56-33-39-20-10-3-11-21-39)46(55-32-38-18-8-2-9-19-38)45(58-49)35-54-31-37-16-6-1-7-17-37/h1-30,45-48,51H,31-36H2/t45-,46-,47+,48-,49?/m1/s1. The van der Waals surface area contributed by atoms with E-state index in [2.05, 4.69) is 0 Å². The third-order valence-corrected chi connectivity index (χ3v) is 12.1. The molecule has 59 heavy (non-hydrogen) atoms. The fraction of sp³-hybridized carbons (Fsp3) is 0.224. The number of rotatable bonds is 17. The van der Waals surface area contributed by atoms with Crippen molar-refractivity contribution in [1.29, 1.82) is 0 Å². The summed E-state index contributed by atoms with van der Waals surface area (Å²) in [5, 5.41) is 13.9. The largest absolute Gasteiger partial charge is 0.374 e. The smallest absolute Gasteiger partial charge is 0.243 e. The van der Waals surface area contributed by atoms with Crippen LogP contribution in [0.5, 0.6) is 0 Å². The fourth-order valence-corrected chi connectivity index (χ4v) is 8.97.